The fraction of sp³-hybridized carbons (Fsp3) is 0.292. The maximum Gasteiger partial charge on any atom is 0.407 e. The van der Waals surface area contributed by atoms with Crippen LogP contribution in [-0.4, -0.2) is 55.9 Å². The van der Waals surface area contributed by atoms with E-state index in [9.17, 15) is 22.8 Å². The zero-order valence-corrected chi connectivity index (χ0v) is 21.0. The fourth-order valence-corrected chi connectivity index (χ4v) is 5.11. The van der Waals surface area contributed by atoms with Crippen LogP contribution in [0.3, 0.4) is 0 Å². The highest BCUT2D eigenvalue weighted by Gasteiger charge is 2.24. The van der Waals surface area contributed by atoms with Gasteiger partial charge in [-0.1, -0.05) is 17.7 Å². The first kappa shape index (κ1) is 26.2. The zero-order chi connectivity index (χ0) is 25.8. The van der Waals surface area contributed by atoms with E-state index >= 15 is 0 Å². The van der Waals surface area contributed by atoms with Crippen molar-refractivity contribution in [2.24, 2.45) is 0 Å². The Bertz CT molecular complexity index is 1360. The van der Waals surface area contributed by atoms with Crippen molar-refractivity contribution >= 4 is 50.4 Å². The number of rotatable bonds is 9. The number of fused-ring (bicyclic) bond motifs is 1. The molecule has 0 aliphatic heterocycles. The molecule has 0 spiro atoms. The van der Waals surface area contributed by atoms with Gasteiger partial charge < -0.3 is 14.8 Å². The van der Waals surface area contributed by atoms with Crippen LogP contribution in [0.1, 0.15) is 28.4 Å². The third kappa shape index (κ3) is 6.01. The minimum absolute atomic E-state index is 0.0911. The minimum atomic E-state index is -3.98. The third-order valence-corrected chi connectivity index (χ3v) is 7.27. The Morgan fingerprint density at radius 2 is 1.80 bits per heavy atom. The van der Waals surface area contributed by atoms with Crippen LogP contribution in [-0.2, 0) is 30.7 Å². The number of ether oxygens (including phenoxy) is 2. The molecule has 0 aliphatic rings. The third-order valence-electron chi connectivity index (χ3n) is 5.34. The van der Waals surface area contributed by atoms with Crippen molar-refractivity contribution in [3.8, 4) is 0 Å². The highest BCUT2D eigenvalue weighted by atomic mass is 35.5. The predicted octanol–water partition coefficient (Wildman–Crippen LogP) is 3.44. The summed E-state index contributed by atoms with van der Waals surface area (Å²) in [7, 11) is -2.78. The van der Waals surface area contributed by atoms with Crippen molar-refractivity contribution in [2.75, 3.05) is 19.6 Å². The molecule has 0 fully saturated rings. The summed E-state index contributed by atoms with van der Waals surface area (Å²) in [5, 5.41) is 3.07. The summed E-state index contributed by atoms with van der Waals surface area (Å²) in [6.07, 6.45) is 0.790. The number of methoxy groups -OCH3 is 1. The van der Waals surface area contributed by atoms with E-state index in [1.165, 1.54) is 38.4 Å². The molecule has 0 unspecified atom stereocenters. The lowest BCUT2D eigenvalue weighted by molar-refractivity contribution is -0.141. The van der Waals surface area contributed by atoms with Gasteiger partial charge in [-0.25, -0.2) is 17.2 Å². The van der Waals surface area contributed by atoms with Gasteiger partial charge in [0.2, 0.25) is 0 Å². The highest BCUT2D eigenvalue weighted by molar-refractivity contribution is 7.90. The lowest BCUT2D eigenvalue weighted by atomic mass is 10.0. The Kier molecular flexibility index (Phi) is 8.18. The number of carbonyl (C=O) groups is 3. The summed E-state index contributed by atoms with van der Waals surface area (Å²) in [6.45, 7) is 2.92. The summed E-state index contributed by atoms with van der Waals surface area (Å²) in [4.78, 5) is 35.5. The second-order valence-corrected chi connectivity index (χ2v) is 9.98. The van der Waals surface area contributed by atoms with Crippen LogP contribution < -0.4 is 5.32 Å². The normalized spacial score (nSPS) is 12.2. The number of amides is 1. The molecule has 1 amide bonds. The molecule has 2 aromatic carbocycles. The SMILES string of the molecule is COC(=O)N[C@H](COC(C)=O)Cc1cn(S(=O)(=O)c2ccc(C)cc2)c2ccc(C(=O)CCl)cc12. The zero-order valence-electron chi connectivity index (χ0n) is 19.4. The maximum atomic E-state index is 13.5. The number of aryl methyl sites for hydroxylation is 1. The first-order valence-electron chi connectivity index (χ1n) is 10.6. The van der Waals surface area contributed by atoms with E-state index in [2.05, 4.69) is 10.1 Å². The molecule has 1 atom stereocenters. The average molecular weight is 521 g/mol. The van der Waals surface area contributed by atoms with E-state index in [1.54, 1.807) is 24.3 Å². The van der Waals surface area contributed by atoms with Gasteiger partial charge >= 0.3 is 12.1 Å². The first-order chi connectivity index (χ1) is 16.6. The molecule has 0 aliphatic carbocycles. The standard InChI is InChI=1S/C24H25ClN2O7S/c1-15-4-7-20(8-5-15)35(31,32)27-13-18(10-19(14-34-16(2)28)26-24(30)33-3)21-11-17(23(29)12-25)6-9-22(21)27/h4-9,11,13,19H,10,12,14H2,1-3H3,(H,26,30)/t19-/m0/s1. The van der Waals surface area contributed by atoms with Crippen molar-refractivity contribution in [1.29, 1.82) is 0 Å². The number of alkyl carbamates (subject to hydrolysis) is 1. The summed E-state index contributed by atoms with van der Waals surface area (Å²) >= 11 is 5.72. The van der Waals surface area contributed by atoms with E-state index < -0.39 is 28.1 Å². The first-order valence-corrected chi connectivity index (χ1v) is 12.6. The Labute approximate surface area is 208 Å². The van der Waals surface area contributed by atoms with E-state index in [-0.39, 0.29) is 29.6 Å². The molecule has 11 heteroatoms. The van der Waals surface area contributed by atoms with Gasteiger partial charge in [0.25, 0.3) is 10.0 Å². The monoisotopic (exact) mass is 520 g/mol. The van der Waals surface area contributed by atoms with Crippen LogP contribution in [0.4, 0.5) is 4.79 Å². The second-order valence-electron chi connectivity index (χ2n) is 7.90. The van der Waals surface area contributed by atoms with Crippen molar-refractivity contribution in [2.45, 2.75) is 31.2 Å². The smallest absolute Gasteiger partial charge is 0.407 e. The van der Waals surface area contributed by atoms with Gasteiger partial charge in [-0.2, -0.15) is 0 Å². The average Bonchev–Trinajstić information content (AvgIpc) is 3.20. The van der Waals surface area contributed by atoms with Gasteiger partial charge in [-0.3, -0.25) is 9.59 Å². The van der Waals surface area contributed by atoms with Crippen molar-refractivity contribution in [3.05, 3.63) is 65.4 Å². The number of nitrogens with one attached hydrogen (secondary N) is 1. The van der Waals surface area contributed by atoms with Gasteiger partial charge in [0.1, 0.15) is 6.61 Å². The van der Waals surface area contributed by atoms with Crippen LogP contribution in [0.5, 0.6) is 0 Å². The number of Topliss-reactive ketones (excluding diaryl/α,β-unsaturated/α-hetero) is 1. The number of halogens is 1. The predicted molar refractivity (Wildman–Crippen MR) is 130 cm³/mol. The Hall–Kier alpha value is -3.37. The largest absolute Gasteiger partial charge is 0.464 e. The van der Waals surface area contributed by atoms with E-state index in [0.29, 0.717) is 22.0 Å². The maximum absolute atomic E-state index is 13.5. The Balaban J connectivity index is 2.14. The molecule has 9 nitrogen and oxygen atoms in total. The van der Waals surface area contributed by atoms with Gasteiger partial charge in [0.05, 0.1) is 29.4 Å². The van der Waals surface area contributed by atoms with Gasteiger partial charge in [0, 0.05) is 24.1 Å². The number of aromatic nitrogens is 1. The van der Waals surface area contributed by atoms with E-state index in [4.69, 9.17) is 16.3 Å². The Morgan fingerprint density at radius 1 is 1.11 bits per heavy atom. The van der Waals surface area contributed by atoms with Crippen molar-refractivity contribution in [1.82, 2.24) is 9.29 Å². The number of esters is 1. The lowest BCUT2D eigenvalue weighted by Crippen LogP contribution is -2.40. The number of carbonyl (C=O) groups excluding carboxylic acids is 3. The number of benzene rings is 2. The summed E-state index contributed by atoms with van der Waals surface area (Å²) in [6, 6.07) is 10.3. The highest BCUT2D eigenvalue weighted by Crippen LogP contribution is 2.28. The minimum Gasteiger partial charge on any atom is -0.464 e. The molecule has 0 radical (unpaired) electrons. The van der Waals surface area contributed by atoms with Gasteiger partial charge in [0.15, 0.2) is 5.78 Å². The molecule has 0 bridgehead atoms. The van der Waals surface area contributed by atoms with Crippen LogP contribution in [0.15, 0.2) is 53.6 Å². The number of alkyl halides is 1. The van der Waals surface area contributed by atoms with Gasteiger partial charge in [-0.05, 0) is 49.2 Å². The van der Waals surface area contributed by atoms with Crippen LogP contribution >= 0.6 is 11.6 Å². The van der Waals surface area contributed by atoms with Crippen molar-refractivity contribution < 1.29 is 32.3 Å². The number of hydrogen-bond donors (Lipinski definition) is 1. The number of ketones is 1. The van der Waals surface area contributed by atoms with Crippen LogP contribution in [0.2, 0.25) is 0 Å². The lowest BCUT2D eigenvalue weighted by Gasteiger charge is -2.17. The van der Waals surface area contributed by atoms with Gasteiger partial charge in [-0.15, -0.1) is 11.6 Å². The molecular weight excluding hydrogens is 496 g/mol. The topological polar surface area (TPSA) is 121 Å². The quantitative estimate of drug-likeness (QED) is 0.260. The molecule has 3 aromatic rings. The van der Waals surface area contributed by atoms with E-state index in [1.807, 2.05) is 6.92 Å². The summed E-state index contributed by atoms with van der Waals surface area (Å²) in [5.74, 6) is -1.10. The van der Waals surface area contributed by atoms with Crippen LogP contribution in [0.25, 0.3) is 10.9 Å². The number of hydrogen-bond acceptors (Lipinski definition) is 7. The Morgan fingerprint density at radius 3 is 2.40 bits per heavy atom. The molecular formula is C24H25ClN2O7S. The number of nitrogens with zero attached hydrogens (tertiary/aromatic N) is 1. The summed E-state index contributed by atoms with van der Waals surface area (Å²) < 4.78 is 37.8. The fourth-order valence-electron chi connectivity index (χ4n) is 3.56. The molecule has 3 rings (SSSR count). The molecule has 1 aromatic heterocycles. The van der Waals surface area contributed by atoms with Crippen molar-refractivity contribution in [3.63, 3.8) is 0 Å². The molecule has 0 saturated heterocycles. The molecule has 0 saturated carbocycles. The second kappa shape index (κ2) is 10.9. The van der Waals surface area contributed by atoms with Crippen LogP contribution in [0, 0.1) is 6.92 Å². The molecule has 1 N–H and O–H groups in total. The molecule has 186 valence electrons. The molecule has 35 heavy (non-hydrogen) atoms. The van der Waals surface area contributed by atoms with E-state index in [0.717, 1.165) is 9.54 Å². The molecule has 1 heterocycles. The summed E-state index contributed by atoms with van der Waals surface area (Å²) in [5.41, 5.74) is 2.08.